The molecule has 0 unspecified atom stereocenters. The van der Waals surface area contributed by atoms with E-state index in [0.717, 1.165) is 12.1 Å². The number of aryl methyl sites for hydroxylation is 2. The summed E-state index contributed by atoms with van der Waals surface area (Å²) >= 11 is 0. The molecular formula is C15H18N4. The summed E-state index contributed by atoms with van der Waals surface area (Å²) < 4.78 is 1.80. The van der Waals surface area contributed by atoms with Crippen molar-refractivity contribution in [2.45, 2.75) is 27.2 Å². The molecule has 0 spiro atoms. The molecule has 0 aliphatic carbocycles. The molecule has 0 saturated carbocycles. The molecule has 2 heterocycles. The molecule has 0 bridgehead atoms. The number of allylic oxidation sites excluding steroid dienone is 2. The first-order valence-electron chi connectivity index (χ1n) is 6.35. The highest BCUT2D eigenvalue weighted by Crippen LogP contribution is 2.14. The minimum atomic E-state index is 0.612. The Morgan fingerprint density at radius 1 is 1.53 bits per heavy atom. The molecule has 2 aromatic rings. The van der Waals surface area contributed by atoms with E-state index in [1.54, 1.807) is 16.9 Å². The van der Waals surface area contributed by atoms with Gasteiger partial charge in [-0.2, -0.15) is 0 Å². The lowest BCUT2D eigenvalue weighted by Crippen LogP contribution is -1.94. The zero-order valence-electron chi connectivity index (χ0n) is 11.6. The summed E-state index contributed by atoms with van der Waals surface area (Å²) in [5.74, 6) is 0.612. The zero-order valence-corrected chi connectivity index (χ0v) is 11.6. The summed E-state index contributed by atoms with van der Waals surface area (Å²) in [4.78, 5) is 8.56. The molecule has 4 heteroatoms. The number of rotatable bonds is 4. The lowest BCUT2D eigenvalue weighted by atomic mass is 10.1. The van der Waals surface area contributed by atoms with Crippen molar-refractivity contribution in [2.75, 3.05) is 0 Å². The fraction of sp³-hybridized carbons (Fsp3) is 0.267. The first-order chi connectivity index (χ1) is 9.15. The average Bonchev–Trinajstić information content (AvgIpc) is 2.80. The molecule has 0 N–H and O–H groups in total. The topological polar surface area (TPSA) is 42.5 Å². The number of hydrogen-bond acceptors (Lipinski definition) is 3. The minimum absolute atomic E-state index is 0.612. The highest BCUT2D eigenvalue weighted by Gasteiger charge is 2.07. The van der Waals surface area contributed by atoms with E-state index in [9.17, 15) is 0 Å². The number of aromatic nitrogens is 3. The largest absolute Gasteiger partial charge is 0.264 e. The molecule has 0 fully saturated rings. The van der Waals surface area contributed by atoms with Gasteiger partial charge in [-0.05, 0) is 37.5 Å². The molecule has 0 atom stereocenters. The van der Waals surface area contributed by atoms with Crippen LogP contribution >= 0.6 is 0 Å². The minimum Gasteiger partial charge on any atom is -0.264 e. The molecule has 2 rings (SSSR count). The summed E-state index contributed by atoms with van der Waals surface area (Å²) in [7, 11) is 0. The van der Waals surface area contributed by atoms with Crippen LogP contribution in [0.4, 0.5) is 0 Å². The van der Waals surface area contributed by atoms with Gasteiger partial charge in [0.15, 0.2) is 11.5 Å². The Hall–Kier alpha value is -2.23. The Bertz CT molecular complexity index is 662. The third-order valence-corrected chi connectivity index (χ3v) is 2.92. The second-order valence-corrected chi connectivity index (χ2v) is 4.36. The lowest BCUT2D eigenvalue weighted by molar-refractivity contribution is 0.922. The van der Waals surface area contributed by atoms with Gasteiger partial charge in [-0.25, -0.2) is 9.50 Å². The molecule has 2 aromatic heterocycles. The SMILES string of the molecule is C=C(C=N/C=C/C)c1nc2cc(C)c(CC)cn2n1. The van der Waals surface area contributed by atoms with Crippen molar-refractivity contribution < 1.29 is 0 Å². The van der Waals surface area contributed by atoms with Gasteiger partial charge in [-0.1, -0.05) is 19.6 Å². The number of hydrogen-bond donors (Lipinski definition) is 0. The van der Waals surface area contributed by atoms with Gasteiger partial charge < -0.3 is 0 Å². The molecule has 4 nitrogen and oxygen atoms in total. The van der Waals surface area contributed by atoms with Gasteiger partial charge in [0.05, 0.1) is 0 Å². The smallest absolute Gasteiger partial charge is 0.183 e. The van der Waals surface area contributed by atoms with Crippen molar-refractivity contribution in [3.05, 3.63) is 48.1 Å². The normalized spacial score (nSPS) is 11.9. The van der Waals surface area contributed by atoms with Gasteiger partial charge in [0.2, 0.25) is 0 Å². The van der Waals surface area contributed by atoms with Crippen molar-refractivity contribution >= 4 is 17.4 Å². The van der Waals surface area contributed by atoms with Crippen molar-refractivity contribution in [1.29, 1.82) is 0 Å². The van der Waals surface area contributed by atoms with Crippen LogP contribution in [0.2, 0.25) is 0 Å². The maximum atomic E-state index is 4.46. The van der Waals surface area contributed by atoms with Crippen LogP contribution in [-0.4, -0.2) is 20.8 Å². The third-order valence-electron chi connectivity index (χ3n) is 2.92. The number of aliphatic imine (C=N–C) groups is 1. The van der Waals surface area contributed by atoms with Gasteiger partial charge in [0.1, 0.15) is 0 Å². The van der Waals surface area contributed by atoms with Crippen LogP contribution < -0.4 is 0 Å². The van der Waals surface area contributed by atoms with E-state index < -0.39 is 0 Å². The van der Waals surface area contributed by atoms with Gasteiger partial charge in [-0.15, -0.1) is 5.10 Å². The van der Waals surface area contributed by atoms with E-state index in [1.165, 1.54) is 11.1 Å². The molecule has 98 valence electrons. The Labute approximate surface area is 113 Å². The molecule has 19 heavy (non-hydrogen) atoms. The lowest BCUT2D eigenvalue weighted by Gasteiger charge is -2.01. The Balaban J connectivity index is 2.39. The first-order valence-corrected chi connectivity index (χ1v) is 6.35. The maximum absolute atomic E-state index is 4.46. The molecule has 0 aliphatic rings. The van der Waals surface area contributed by atoms with E-state index in [4.69, 9.17) is 0 Å². The fourth-order valence-corrected chi connectivity index (χ4v) is 1.85. The number of nitrogens with zero attached hydrogens (tertiary/aromatic N) is 4. The monoisotopic (exact) mass is 254 g/mol. The summed E-state index contributed by atoms with van der Waals surface area (Å²) in [6, 6.07) is 2.05. The molecule has 0 aliphatic heterocycles. The number of fused-ring (bicyclic) bond motifs is 1. The molecule has 0 amide bonds. The highest BCUT2D eigenvalue weighted by atomic mass is 15.3. The Morgan fingerprint density at radius 3 is 3.00 bits per heavy atom. The van der Waals surface area contributed by atoms with E-state index in [0.29, 0.717) is 11.4 Å². The van der Waals surface area contributed by atoms with E-state index in [-0.39, 0.29) is 0 Å². The summed E-state index contributed by atoms with van der Waals surface area (Å²) in [5, 5.41) is 4.43. The predicted molar refractivity (Wildman–Crippen MR) is 79.4 cm³/mol. The molecular weight excluding hydrogens is 236 g/mol. The first kappa shape index (κ1) is 13.2. The predicted octanol–water partition coefficient (Wildman–Crippen LogP) is 3.22. The molecule has 0 radical (unpaired) electrons. The van der Waals surface area contributed by atoms with Gasteiger partial charge >= 0.3 is 0 Å². The van der Waals surface area contributed by atoms with Crippen molar-refractivity contribution in [3.8, 4) is 0 Å². The second-order valence-electron chi connectivity index (χ2n) is 4.36. The van der Waals surface area contributed by atoms with Crippen LogP contribution in [0.25, 0.3) is 11.2 Å². The Kier molecular flexibility index (Phi) is 3.90. The highest BCUT2D eigenvalue weighted by molar-refractivity contribution is 6.07. The van der Waals surface area contributed by atoms with Crippen LogP contribution in [0.1, 0.15) is 30.8 Å². The zero-order chi connectivity index (χ0) is 13.8. The summed E-state index contributed by atoms with van der Waals surface area (Å²) in [6.45, 7) is 10.1. The molecule has 0 saturated heterocycles. The Morgan fingerprint density at radius 2 is 2.32 bits per heavy atom. The van der Waals surface area contributed by atoms with Crippen LogP contribution in [0, 0.1) is 6.92 Å². The third kappa shape index (κ3) is 2.78. The second kappa shape index (κ2) is 5.61. The summed E-state index contributed by atoms with van der Waals surface area (Å²) in [6.07, 6.45) is 8.25. The van der Waals surface area contributed by atoms with Gasteiger partial charge in [0.25, 0.3) is 0 Å². The van der Waals surface area contributed by atoms with E-state index >= 15 is 0 Å². The fourth-order valence-electron chi connectivity index (χ4n) is 1.85. The number of pyridine rings is 1. The van der Waals surface area contributed by atoms with Crippen LogP contribution in [0.15, 0.2) is 36.1 Å². The van der Waals surface area contributed by atoms with Gasteiger partial charge in [0, 0.05) is 24.2 Å². The maximum Gasteiger partial charge on any atom is 0.183 e. The summed E-state index contributed by atoms with van der Waals surface area (Å²) in [5.41, 5.74) is 4.06. The molecule has 0 aromatic carbocycles. The van der Waals surface area contributed by atoms with Crippen LogP contribution in [0.5, 0.6) is 0 Å². The van der Waals surface area contributed by atoms with E-state index in [2.05, 4.69) is 35.5 Å². The van der Waals surface area contributed by atoms with Crippen molar-refractivity contribution in [1.82, 2.24) is 14.6 Å². The van der Waals surface area contributed by atoms with Crippen LogP contribution in [-0.2, 0) is 6.42 Å². The van der Waals surface area contributed by atoms with Crippen molar-refractivity contribution in [3.63, 3.8) is 0 Å². The van der Waals surface area contributed by atoms with Gasteiger partial charge in [-0.3, -0.25) is 4.99 Å². The average molecular weight is 254 g/mol. The van der Waals surface area contributed by atoms with Crippen molar-refractivity contribution in [2.24, 2.45) is 4.99 Å². The van der Waals surface area contributed by atoms with Crippen LogP contribution in [0.3, 0.4) is 0 Å². The quantitative estimate of drug-likeness (QED) is 0.786. The van der Waals surface area contributed by atoms with E-state index in [1.807, 2.05) is 25.3 Å². The standard InChI is InChI=1S/C15H18N4/c1-5-7-16-9-12(4)15-17-14-8-11(3)13(6-2)10-19(14)18-15/h5,7-10H,4,6H2,1-3H3/b7-5+,16-9?.